The van der Waals surface area contributed by atoms with Crippen molar-refractivity contribution in [2.75, 3.05) is 11.1 Å². The quantitative estimate of drug-likeness (QED) is 0.137. The average molecular weight is 677 g/mol. The molecule has 1 heterocycles. The molecule has 0 saturated carbocycles. The van der Waals surface area contributed by atoms with Crippen LogP contribution < -0.4 is 21.5 Å². The topological polar surface area (TPSA) is 259 Å². The lowest BCUT2D eigenvalue weighted by molar-refractivity contribution is -0.137. The Bertz CT molecular complexity index is 2640. The Morgan fingerprint density at radius 2 is 1.49 bits per heavy atom. The Kier molecular flexibility index (Phi) is 7.74. The van der Waals surface area contributed by atoms with Crippen LogP contribution in [-0.4, -0.2) is 61.3 Å². The van der Waals surface area contributed by atoms with E-state index in [4.69, 9.17) is 5.11 Å². The number of aliphatic hydroxyl groups is 1. The van der Waals surface area contributed by atoms with Gasteiger partial charge in [-0.2, -0.15) is 16.8 Å². The number of carbonyl (C=O) groups is 1. The van der Waals surface area contributed by atoms with Gasteiger partial charge in [0.15, 0.2) is 15.3 Å². The van der Waals surface area contributed by atoms with Gasteiger partial charge in [0.1, 0.15) is 9.79 Å². The van der Waals surface area contributed by atoms with E-state index in [1.807, 2.05) is 0 Å². The van der Waals surface area contributed by atoms with E-state index < -0.39 is 96.0 Å². The van der Waals surface area contributed by atoms with Crippen molar-refractivity contribution < 1.29 is 49.4 Å². The fraction of sp³-hybridized carbons (Fsp3) is 0.111. The molecule has 0 saturated heterocycles. The van der Waals surface area contributed by atoms with Gasteiger partial charge in [0.05, 0.1) is 44.4 Å². The molecule has 18 heteroatoms. The lowest BCUT2D eigenvalue weighted by Crippen LogP contribution is -2.31. The van der Waals surface area contributed by atoms with Gasteiger partial charge in [0.25, 0.3) is 25.8 Å². The van der Waals surface area contributed by atoms with Crippen molar-refractivity contribution >= 4 is 75.4 Å². The molecule has 0 unspecified atom stereocenters. The van der Waals surface area contributed by atoms with Crippen LogP contribution in [0, 0.1) is 10.4 Å². The molecule has 5 rings (SSSR count). The van der Waals surface area contributed by atoms with E-state index in [2.05, 4.69) is 10.3 Å². The number of fused-ring (bicyclic) bond motifs is 2. The van der Waals surface area contributed by atoms with E-state index >= 15 is 0 Å². The second kappa shape index (κ2) is 11.0. The zero-order chi connectivity index (χ0) is 33.1. The van der Waals surface area contributed by atoms with Crippen LogP contribution in [0.1, 0.15) is 12.8 Å². The highest BCUT2D eigenvalue weighted by molar-refractivity contribution is 7.91. The molecule has 5 N–H and O–H groups in total. The summed E-state index contributed by atoms with van der Waals surface area (Å²) >= 11 is 0. The lowest BCUT2D eigenvalue weighted by atomic mass is 9.97. The van der Waals surface area contributed by atoms with Gasteiger partial charge < -0.3 is 15.5 Å². The van der Waals surface area contributed by atoms with Crippen LogP contribution in [0.15, 0.2) is 72.8 Å². The van der Waals surface area contributed by atoms with Crippen molar-refractivity contribution in [1.29, 1.82) is 0 Å². The number of carboxylic acids is 1. The summed E-state index contributed by atoms with van der Waals surface area (Å²) in [6.45, 7) is 0. The maximum atomic E-state index is 13.8. The highest BCUT2D eigenvalue weighted by Gasteiger charge is 2.27. The number of anilines is 2. The molecular formula is C27H20N2O13S3. The molecule has 0 aromatic heterocycles. The molecule has 234 valence electrons. The number of hydrogen-bond acceptors (Lipinski definition) is 12. The van der Waals surface area contributed by atoms with Crippen LogP contribution in [0.2, 0.25) is 0 Å². The molecule has 0 fully saturated rings. The first-order valence-corrected chi connectivity index (χ1v) is 17.1. The Hall–Kier alpha value is -4.75. The van der Waals surface area contributed by atoms with Crippen LogP contribution in [0.5, 0.6) is 0 Å². The van der Waals surface area contributed by atoms with Gasteiger partial charge in [-0.15, -0.1) is 0 Å². The van der Waals surface area contributed by atoms with Gasteiger partial charge in [-0.25, -0.2) is 13.4 Å². The second-order valence-corrected chi connectivity index (χ2v) is 14.7. The summed E-state index contributed by atoms with van der Waals surface area (Å²) in [6.07, 6.45) is -0.363. The van der Waals surface area contributed by atoms with Gasteiger partial charge in [0.2, 0.25) is 0 Å². The second-order valence-electron chi connectivity index (χ2n) is 9.78. The molecule has 0 atom stereocenters. The smallest absolute Gasteiger partial charge is 0.303 e. The van der Waals surface area contributed by atoms with Crippen LogP contribution in [-0.2, 0) is 34.9 Å². The Labute approximate surface area is 252 Å². The van der Waals surface area contributed by atoms with Crippen LogP contribution >= 0.6 is 0 Å². The van der Waals surface area contributed by atoms with Gasteiger partial charge in [-0.3, -0.25) is 23.5 Å². The standard InChI is InChI=1S/C27H20N2O13S3/c30-12-16-22-14-4-1-2-5-15(14)26(33)23-18(11-20(45(40,41)42)25(24(22)23)29-27(16)34)28-17-8-7-13(10-19(17)44(37,38)39)43(35,36)9-3-6-21(31)32/h1-2,4-5,7-8,10-12,28,30H,3,6,9H2,(H,31,32)(H,37,38,39)(H,40,41,42). The van der Waals surface area contributed by atoms with Crippen molar-refractivity contribution in [2.24, 2.45) is 0 Å². The summed E-state index contributed by atoms with van der Waals surface area (Å²) in [4.78, 5) is 38.6. The minimum absolute atomic E-state index is 0.000427. The third-order valence-corrected chi connectivity index (χ3v) is 10.5. The first-order chi connectivity index (χ1) is 21.0. The number of nitrogens with zero attached hydrogens (tertiary/aromatic N) is 1. The predicted molar refractivity (Wildman–Crippen MR) is 159 cm³/mol. The maximum Gasteiger partial charge on any atom is 0.303 e. The zero-order valence-corrected chi connectivity index (χ0v) is 24.9. The summed E-state index contributed by atoms with van der Waals surface area (Å²) in [5.74, 6) is -1.92. The molecule has 0 radical (unpaired) electrons. The Balaban J connectivity index is 1.88. The molecule has 1 aliphatic carbocycles. The van der Waals surface area contributed by atoms with Gasteiger partial charge in [-0.1, -0.05) is 24.3 Å². The summed E-state index contributed by atoms with van der Waals surface area (Å²) in [7, 11) is -14.6. The number of hydrogen-bond donors (Lipinski definition) is 5. The molecule has 1 aliphatic heterocycles. The third-order valence-electron chi connectivity index (χ3n) is 6.97. The number of aliphatic carboxylic acids is 1. The van der Waals surface area contributed by atoms with E-state index in [1.165, 1.54) is 24.3 Å². The van der Waals surface area contributed by atoms with Gasteiger partial charge >= 0.3 is 5.97 Å². The third kappa shape index (κ3) is 5.64. The number of aliphatic hydroxyl groups excluding tert-OH is 1. The highest BCUT2D eigenvalue weighted by atomic mass is 32.2. The monoisotopic (exact) mass is 676 g/mol. The minimum atomic E-state index is -5.21. The van der Waals surface area contributed by atoms with Gasteiger partial charge in [0, 0.05) is 22.2 Å². The summed E-state index contributed by atoms with van der Waals surface area (Å²) in [6, 6.07) is 8.96. The molecular weight excluding hydrogens is 656 g/mol. The average Bonchev–Trinajstić information content (AvgIpc) is 2.94. The molecule has 3 aromatic rings. The molecule has 3 aromatic carbocycles. The summed E-state index contributed by atoms with van der Waals surface area (Å²) in [5, 5.41) is 20.2. The number of nitrogens with one attached hydrogen (secondary N) is 1. The molecule has 0 bridgehead atoms. The lowest BCUT2D eigenvalue weighted by Gasteiger charge is -2.16. The Morgan fingerprint density at radius 3 is 2.09 bits per heavy atom. The first kappa shape index (κ1) is 31.7. The van der Waals surface area contributed by atoms with E-state index in [1.54, 1.807) is 0 Å². The van der Waals surface area contributed by atoms with E-state index in [0.29, 0.717) is 18.4 Å². The van der Waals surface area contributed by atoms with Crippen molar-refractivity contribution in [3.05, 3.63) is 84.8 Å². The van der Waals surface area contributed by atoms with Crippen LogP contribution in [0.4, 0.5) is 11.4 Å². The molecule has 15 nitrogen and oxygen atoms in total. The molecule has 0 spiro atoms. The van der Waals surface area contributed by atoms with Gasteiger partial charge in [-0.05, 0) is 36.1 Å². The highest BCUT2D eigenvalue weighted by Crippen LogP contribution is 2.34. The van der Waals surface area contributed by atoms with Crippen molar-refractivity contribution in [1.82, 2.24) is 4.98 Å². The van der Waals surface area contributed by atoms with Crippen LogP contribution in [0.25, 0.3) is 27.9 Å². The minimum Gasteiger partial charge on any atom is -0.515 e. The number of sulfone groups is 1. The number of aromatic nitrogens is 1. The van der Waals surface area contributed by atoms with E-state index in [9.17, 15) is 53.8 Å². The molecule has 2 aliphatic rings. The first-order valence-electron chi connectivity index (χ1n) is 12.6. The zero-order valence-electron chi connectivity index (χ0n) is 22.5. The predicted octanol–water partition coefficient (Wildman–Crippen LogP) is 1.16. The fourth-order valence-electron chi connectivity index (χ4n) is 5.06. The van der Waals surface area contributed by atoms with Crippen LogP contribution in [0.3, 0.4) is 0 Å². The normalized spacial score (nSPS) is 13.2. The number of carboxylic acid groups (broad SMARTS) is 1. The molecule has 45 heavy (non-hydrogen) atoms. The maximum absolute atomic E-state index is 13.8. The van der Waals surface area contributed by atoms with E-state index in [0.717, 1.165) is 12.1 Å². The van der Waals surface area contributed by atoms with Crippen molar-refractivity contribution in [3.63, 3.8) is 0 Å². The summed E-state index contributed by atoms with van der Waals surface area (Å²) in [5.41, 5.74) is -3.46. The van der Waals surface area contributed by atoms with Crippen molar-refractivity contribution in [3.8, 4) is 0 Å². The summed E-state index contributed by atoms with van der Waals surface area (Å²) < 4.78 is 95.4. The molecule has 0 amide bonds. The fourth-order valence-corrected chi connectivity index (χ4v) is 7.80. The van der Waals surface area contributed by atoms with E-state index in [-0.39, 0.29) is 33.0 Å². The number of rotatable bonds is 9. The van der Waals surface area contributed by atoms with Crippen molar-refractivity contribution in [2.45, 2.75) is 27.5 Å². The number of benzene rings is 3. The SMILES string of the molecule is O=C(O)CCCS(=O)(=O)c1ccc(Nc2cc(S(=O)(=O)O)c3nc(=O)c(=CO)c4c5ccccc5c(=O)c2c3=4)c(S(=O)(=O)O)c1. The Morgan fingerprint density at radius 1 is 0.844 bits per heavy atom. The largest absolute Gasteiger partial charge is 0.515 e.